The van der Waals surface area contributed by atoms with Gasteiger partial charge in [-0.3, -0.25) is 4.79 Å². The Morgan fingerprint density at radius 3 is 2.64 bits per heavy atom. The first kappa shape index (κ1) is 18.7. The number of carbonyl (C=O) groups excluding carboxylic acids is 1. The van der Waals surface area contributed by atoms with E-state index in [1.165, 1.54) is 5.56 Å². The third-order valence-electron chi connectivity index (χ3n) is 6.25. The fourth-order valence-corrected chi connectivity index (χ4v) is 4.45. The molecular formula is C22H28N4O2. The van der Waals surface area contributed by atoms with Crippen molar-refractivity contribution in [2.45, 2.75) is 32.1 Å². The molecule has 0 saturated carbocycles. The molecule has 148 valence electrons. The van der Waals surface area contributed by atoms with Gasteiger partial charge in [-0.2, -0.15) is 0 Å². The van der Waals surface area contributed by atoms with Crippen LogP contribution in [0.3, 0.4) is 0 Å². The zero-order valence-electron chi connectivity index (χ0n) is 16.5. The lowest BCUT2D eigenvalue weighted by Gasteiger charge is -2.47. The summed E-state index contributed by atoms with van der Waals surface area (Å²) >= 11 is 0. The molecule has 6 nitrogen and oxygen atoms in total. The van der Waals surface area contributed by atoms with E-state index in [-0.39, 0.29) is 5.41 Å². The molecule has 28 heavy (non-hydrogen) atoms. The standard InChI is InChI=1S/C22H28N4O2/c1-28-20-15-19(23-17-24-20)25-13-10-22(11-14-25)9-7-21(27)26(16-22)12-8-18-5-3-2-4-6-18/h2-6,15,17H,7-14,16H2,1H3. The number of methoxy groups -OCH3 is 1. The molecule has 2 aromatic rings. The van der Waals surface area contributed by atoms with Gasteiger partial charge >= 0.3 is 0 Å². The Balaban J connectivity index is 1.36. The molecule has 0 aliphatic carbocycles. The summed E-state index contributed by atoms with van der Waals surface area (Å²) < 4.78 is 5.22. The number of piperidine rings is 2. The van der Waals surface area contributed by atoms with Gasteiger partial charge < -0.3 is 14.5 Å². The van der Waals surface area contributed by atoms with Crippen molar-refractivity contribution in [3.8, 4) is 5.88 Å². The number of anilines is 1. The topological polar surface area (TPSA) is 58.6 Å². The SMILES string of the molecule is COc1cc(N2CCC3(CCC(=O)N(CCc4ccccc4)C3)CC2)ncn1. The minimum atomic E-state index is 0.248. The second-order valence-corrected chi connectivity index (χ2v) is 7.96. The van der Waals surface area contributed by atoms with Crippen LogP contribution in [0.25, 0.3) is 0 Å². The molecule has 1 aromatic heterocycles. The largest absolute Gasteiger partial charge is 0.481 e. The van der Waals surface area contributed by atoms with E-state index >= 15 is 0 Å². The van der Waals surface area contributed by atoms with Gasteiger partial charge in [-0.1, -0.05) is 30.3 Å². The number of aromatic nitrogens is 2. The molecule has 1 aromatic carbocycles. The zero-order valence-corrected chi connectivity index (χ0v) is 16.5. The van der Waals surface area contributed by atoms with E-state index < -0.39 is 0 Å². The van der Waals surface area contributed by atoms with Crippen LogP contribution in [-0.2, 0) is 11.2 Å². The summed E-state index contributed by atoms with van der Waals surface area (Å²) in [5.74, 6) is 1.83. The third kappa shape index (κ3) is 4.11. The Bertz CT molecular complexity index is 803. The monoisotopic (exact) mass is 380 g/mol. The minimum Gasteiger partial charge on any atom is -0.481 e. The van der Waals surface area contributed by atoms with E-state index in [0.29, 0.717) is 18.2 Å². The molecule has 2 aliphatic heterocycles. The van der Waals surface area contributed by atoms with Gasteiger partial charge in [0, 0.05) is 38.7 Å². The van der Waals surface area contributed by atoms with Gasteiger partial charge in [-0.05, 0) is 36.7 Å². The number of benzene rings is 1. The molecule has 1 amide bonds. The molecule has 3 heterocycles. The normalized spacial score (nSPS) is 19.1. The van der Waals surface area contributed by atoms with Crippen molar-refractivity contribution in [1.82, 2.24) is 14.9 Å². The van der Waals surface area contributed by atoms with E-state index in [9.17, 15) is 4.79 Å². The van der Waals surface area contributed by atoms with Crippen LogP contribution >= 0.6 is 0 Å². The quantitative estimate of drug-likeness (QED) is 0.798. The summed E-state index contributed by atoms with van der Waals surface area (Å²) in [4.78, 5) is 25.4. The molecule has 0 radical (unpaired) electrons. The van der Waals surface area contributed by atoms with Crippen LogP contribution in [0, 0.1) is 5.41 Å². The number of carbonyl (C=O) groups is 1. The molecule has 2 fully saturated rings. The average Bonchev–Trinajstić information content (AvgIpc) is 2.76. The molecule has 2 aliphatic rings. The zero-order chi connectivity index (χ0) is 19.4. The Morgan fingerprint density at radius 2 is 1.89 bits per heavy atom. The maximum absolute atomic E-state index is 12.5. The van der Waals surface area contributed by atoms with Gasteiger partial charge in [-0.25, -0.2) is 9.97 Å². The number of hydrogen-bond acceptors (Lipinski definition) is 5. The summed E-state index contributed by atoms with van der Waals surface area (Å²) in [7, 11) is 1.63. The highest BCUT2D eigenvalue weighted by Crippen LogP contribution is 2.41. The van der Waals surface area contributed by atoms with Crippen molar-refractivity contribution in [2.75, 3.05) is 38.2 Å². The molecule has 0 unspecified atom stereocenters. The smallest absolute Gasteiger partial charge is 0.222 e. The number of rotatable bonds is 5. The molecule has 0 atom stereocenters. The first-order chi connectivity index (χ1) is 13.7. The molecule has 0 bridgehead atoms. The predicted octanol–water partition coefficient (Wildman–Crippen LogP) is 2.94. The maximum Gasteiger partial charge on any atom is 0.222 e. The number of ether oxygens (including phenoxy) is 1. The summed E-state index contributed by atoms with van der Waals surface area (Å²) in [5, 5.41) is 0. The van der Waals surface area contributed by atoms with Crippen molar-refractivity contribution < 1.29 is 9.53 Å². The van der Waals surface area contributed by atoms with Gasteiger partial charge in [0.05, 0.1) is 7.11 Å². The summed E-state index contributed by atoms with van der Waals surface area (Å²) in [6.45, 7) is 3.62. The summed E-state index contributed by atoms with van der Waals surface area (Å²) in [5.41, 5.74) is 1.54. The van der Waals surface area contributed by atoms with Crippen molar-refractivity contribution in [3.63, 3.8) is 0 Å². The van der Waals surface area contributed by atoms with Crippen LogP contribution in [0.5, 0.6) is 5.88 Å². The second kappa shape index (κ2) is 8.17. The Kier molecular flexibility index (Phi) is 5.46. The minimum absolute atomic E-state index is 0.248. The van der Waals surface area contributed by atoms with Gasteiger partial charge in [0.25, 0.3) is 0 Å². The Morgan fingerprint density at radius 1 is 1.11 bits per heavy atom. The second-order valence-electron chi connectivity index (χ2n) is 7.96. The summed E-state index contributed by atoms with van der Waals surface area (Å²) in [6, 6.07) is 12.3. The lowest BCUT2D eigenvalue weighted by Crippen LogP contribution is -2.52. The highest BCUT2D eigenvalue weighted by atomic mass is 16.5. The molecule has 2 saturated heterocycles. The van der Waals surface area contributed by atoms with E-state index in [2.05, 4.69) is 44.0 Å². The van der Waals surface area contributed by atoms with Crippen molar-refractivity contribution in [3.05, 3.63) is 48.3 Å². The van der Waals surface area contributed by atoms with E-state index in [4.69, 9.17) is 4.74 Å². The fourth-order valence-electron chi connectivity index (χ4n) is 4.45. The van der Waals surface area contributed by atoms with Gasteiger partial charge in [0.15, 0.2) is 0 Å². The molecule has 4 rings (SSSR count). The fraction of sp³-hybridized carbons (Fsp3) is 0.500. The number of likely N-dealkylation sites (tertiary alicyclic amines) is 1. The highest BCUT2D eigenvalue weighted by molar-refractivity contribution is 5.77. The Hall–Kier alpha value is -2.63. The molecule has 0 N–H and O–H groups in total. The van der Waals surface area contributed by atoms with Crippen LogP contribution in [0.1, 0.15) is 31.2 Å². The van der Waals surface area contributed by atoms with Crippen LogP contribution in [-0.4, -0.2) is 54.1 Å². The van der Waals surface area contributed by atoms with Gasteiger partial charge in [0.2, 0.25) is 11.8 Å². The highest BCUT2D eigenvalue weighted by Gasteiger charge is 2.41. The lowest BCUT2D eigenvalue weighted by atomic mass is 9.72. The van der Waals surface area contributed by atoms with Gasteiger partial charge in [0.1, 0.15) is 12.1 Å². The number of amides is 1. The van der Waals surface area contributed by atoms with E-state index in [1.807, 2.05) is 12.1 Å². The predicted molar refractivity (Wildman–Crippen MR) is 108 cm³/mol. The average molecular weight is 380 g/mol. The number of nitrogens with zero attached hydrogens (tertiary/aromatic N) is 4. The Labute approximate surface area is 166 Å². The van der Waals surface area contributed by atoms with Crippen LogP contribution in [0.4, 0.5) is 5.82 Å². The van der Waals surface area contributed by atoms with Crippen LogP contribution in [0.15, 0.2) is 42.7 Å². The van der Waals surface area contributed by atoms with E-state index in [0.717, 1.165) is 57.7 Å². The first-order valence-electron chi connectivity index (χ1n) is 10.1. The van der Waals surface area contributed by atoms with E-state index in [1.54, 1.807) is 13.4 Å². The summed E-state index contributed by atoms with van der Waals surface area (Å²) in [6.07, 6.45) is 6.35. The third-order valence-corrected chi connectivity index (χ3v) is 6.25. The molecular weight excluding hydrogens is 352 g/mol. The van der Waals surface area contributed by atoms with Gasteiger partial charge in [-0.15, -0.1) is 0 Å². The molecule has 6 heteroatoms. The van der Waals surface area contributed by atoms with Crippen LogP contribution in [0.2, 0.25) is 0 Å². The number of hydrogen-bond donors (Lipinski definition) is 0. The maximum atomic E-state index is 12.5. The van der Waals surface area contributed by atoms with Crippen molar-refractivity contribution >= 4 is 11.7 Å². The van der Waals surface area contributed by atoms with Crippen molar-refractivity contribution in [2.24, 2.45) is 5.41 Å². The van der Waals surface area contributed by atoms with Crippen LogP contribution < -0.4 is 9.64 Å². The lowest BCUT2D eigenvalue weighted by molar-refractivity contribution is -0.138. The first-order valence-corrected chi connectivity index (χ1v) is 10.1. The molecule has 1 spiro atoms. The van der Waals surface area contributed by atoms with Crippen molar-refractivity contribution in [1.29, 1.82) is 0 Å².